The Labute approximate surface area is 148 Å². The number of nitrogens with zero attached hydrogens (tertiary/aromatic N) is 1. The Hall–Kier alpha value is -2.36. The third-order valence-corrected chi connectivity index (χ3v) is 6.03. The van der Waals surface area contributed by atoms with Crippen LogP contribution in [0.25, 0.3) is 0 Å². The zero-order valence-electron chi connectivity index (χ0n) is 13.8. The second-order valence-electron chi connectivity index (χ2n) is 6.19. The van der Waals surface area contributed by atoms with Crippen molar-refractivity contribution in [2.24, 2.45) is 0 Å². The highest BCUT2D eigenvalue weighted by Gasteiger charge is 2.27. The Balaban J connectivity index is 1.57. The van der Waals surface area contributed by atoms with Crippen LogP contribution in [0.1, 0.15) is 23.1 Å². The molecule has 0 radical (unpaired) electrons. The normalized spacial score (nSPS) is 18.6. The van der Waals surface area contributed by atoms with Crippen molar-refractivity contribution in [2.75, 3.05) is 11.5 Å². The first kappa shape index (κ1) is 17.5. The Morgan fingerprint density at radius 3 is 2.80 bits per heavy atom. The zero-order valence-corrected chi connectivity index (χ0v) is 14.6. The molecule has 1 N–H and O–H groups in total. The number of nitriles is 1. The van der Waals surface area contributed by atoms with Gasteiger partial charge in [0.05, 0.1) is 23.1 Å². The quantitative estimate of drug-likeness (QED) is 0.860. The maximum atomic E-state index is 11.5. The first-order valence-electron chi connectivity index (χ1n) is 8.19. The highest BCUT2D eigenvalue weighted by molar-refractivity contribution is 7.91. The van der Waals surface area contributed by atoms with Crippen molar-refractivity contribution in [3.8, 4) is 11.8 Å². The molecule has 1 saturated heterocycles. The van der Waals surface area contributed by atoms with E-state index in [2.05, 4.69) is 11.4 Å². The molecule has 1 aliphatic heterocycles. The number of sulfone groups is 1. The van der Waals surface area contributed by atoms with Crippen molar-refractivity contribution in [2.45, 2.75) is 25.6 Å². The monoisotopic (exact) mass is 356 g/mol. The molecule has 0 amide bonds. The third kappa shape index (κ3) is 4.81. The van der Waals surface area contributed by atoms with Gasteiger partial charge in [-0.25, -0.2) is 8.42 Å². The minimum atomic E-state index is -2.87. The maximum Gasteiger partial charge on any atom is 0.151 e. The zero-order chi connectivity index (χ0) is 17.7. The highest BCUT2D eigenvalue weighted by Crippen LogP contribution is 2.18. The second kappa shape index (κ2) is 7.68. The number of hydrogen-bond acceptors (Lipinski definition) is 5. The van der Waals surface area contributed by atoms with Gasteiger partial charge in [0.25, 0.3) is 0 Å². The van der Waals surface area contributed by atoms with Gasteiger partial charge in [-0.05, 0) is 30.2 Å². The summed E-state index contributed by atoms with van der Waals surface area (Å²) in [5.41, 5.74) is 2.50. The standard InChI is InChI=1S/C19H20N2O3S/c20-11-16-5-1-2-6-17(16)13-24-19-7-3-4-15(10-19)12-21-18-8-9-25(22,23)14-18/h1-7,10,18,21H,8-9,12-14H2/t18-/m0/s1. The molecule has 0 saturated carbocycles. The molecular formula is C19H20N2O3S. The first-order valence-corrected chi connectivity index (χ1v) is 10.0. The van der Waals surface area contributed by atoms with Gasteiger partial charge in [0, 0.05) is 18.2 Å². The van der Waals surface area contributed by atoms with E-state index >= 15 is 0 Å². The van der Waals surface area contributed by atoms with Gasteiger partial charge in [-0.3, -0.25) is 0 Å². The van der Waals surface area contributed by atoms with Gasteiger partial charge in [0.1, 0.15) is 12.4 Å². The molecule has 2 aromatic carbocycles. The Morgan fingerprint density at radius 1 is 1.20 bits per heavy atom. The molecule has 1 atom stereocenters. The van der Waals surface area contributed by atoms with Crippen molar-refractivity contribution < 1.29 is 13.2 Å². The van der Waals surface area contributed by atoms with E-state index in [1.807, 2.05) is 42.5 Å². The number of hydrogen-bond donors (Lipinski definition) is 1. The van der Waals surface area contributed by atoms with Gasteiger partial charge in [0.2, 0.25) is 0 Å². The lowest BCUT2D eigenvalue weighted by Crippen LogP contribution is -2.29. The average Bonchev–Trinajstić information content (AvgIpc) is 2.98. The van der Waals surface area contributed by atoms with E-state index in [-0.39, 0.29) is 17.5 Å². The van der Waals surface area contributed by atoms with Crippen molar-refractivity contribution in [3.05, 3.63) is 65.2 Å². The van der Waals surface area contributed by atoms with Crippen LogP contribution >= 0.6 is 0 Å². The predicted octanol–water partition coefficient (Wildman–Crippen LogP) is 2.41. The fraction of sp³-hybridized carbons (Fsp3) is 0.316. The molecule has 0 bridgehead atoms. The van der Waals surface area contributed by atoms with Crippen LogP contribution in [0.3, 0.4) is 0 Å². The summed E-state index contributed by atoms with van der Waals surface area (Å²) in [5, 5.41) is 12.4. The molecular weight excluding hydrogens is 336 g/mol. The molecule has 130 valence electrons. The molecule has 1 heterocycles. The SMILES string of the molecule is N#Cc1ccccc1COc1cccc(CN[C@H]2CCS(=O)(=O)C2)c1. The topological polar surface area (TPSA) is 79.2 Å². The lowest BCUT2D eigenvalue weighted by atomic mass is 10.1. The van der Waals surface area contributed by atoms with Gasteiger partial charge in [-0.1, -0.05) is 30.3 Å². The molecule has 0 aromatic heterocycles. The van der Waals surface area contributed by atoms with E-state index in [0.29, 0.717) is 25.1 Å². The summed E-state index contributed by atoms with van der Waals surface area (Å²) in [5.74, 6) is 1.21. The van der Waals surface area contributed by atoms with Crippen molar-refractivity contribution in [1.82, 2.24) is 5.32 Å². The van der Waals surface area contributed by atoms with Crippen LogP contribution in [0, 0.1) is 11.3 Å². The molecule has 2 aromatic rings. The van der Waals surface area contributed by atoms with E-state index in [1.165, 1.54) is 0 Å². The van der Waals surface area contributed by atoms with Gasteiger partial charge >= 0.3 is 0 Å². The molecule has 0 unspecified atom stereocenters. The molecule has 6 heteroatoms. The van der Waals surface area contributed by atoms with Gasteiger partial charge in [0.15, 0.2) is 9.84 Å². The first-order chi connectivity index (χ1) is 12.1. The summed E-state index contributed by atoms with van der Waals surface area (Å²) in [6, 6.07) is 17.3. The predicted molar refractivity (Wildman–Crippen MR) is 95.8 cm³/mol. The molecule has 1 fully saturated rings. The van der Waals surface area contributed by atoms with Crippen molar-refractivity contribution in [3.63, 3.8) is 0 Å². The summed E-state index contributed by atoms with van der Waals surface area (Å²) in [7, 11) is -2.87. The summed E-state index contributed by atoms with van der Waals surface area (Å²) in [4.78, 5) is 0. The van der Waals surface area contributed by atoms with Gasteiger partial charge < -0.3 is 10.1 Å². The lowest BCUT2D eigenvalue weighted by Gasteiger charge is -2.12. The molecule has 25 heavy (non-hydrogen) atoms. The van der Waals surface area contributed by atoms with Crippen LogP contribution < -0.4 is 10.1 Å². The summed E-state index contributed by atoms with van der Waals surface area (Å²) >= 11 is 0. The van der Waals surface area contributed by atoms with Crippen LogP contribution in [0.2, 0.25) is 0 Å². The summed E-state index contributed by atoms with van der Waals surface area (Å²) in [6.45, 7) is 0.938. The summed E-state index contributed by atoms with van der Waals surface area (Å²) in [6.07, 6.45) is 0.670. The van der Waals surface area contributed by atoms with E-state index < -0.39 is 9.84 Å². The number of rotatable bonds is 6. The smallest absolute Gasteiger partial charge is 0.151 e. The second-order valence-corrected chi connectivity index (χ2v) is 8.41. The van der Waals surface area contributed by atoms with Crippen LogP contribution in [-0.4, -0.2) is 26.0 Å². The van der Waals surface area contributed by atoms with Crippen molar-refractivity contribution >= 4 is 9.84 Å². The molecule has 1 aliphatic rings. The van der Waals surface area contributed by atoms with Crippen LogP contribution in [0.4, 0.5) is 0 Å². The molecule has 0 spiro atoms. The number of benzene rings is 2. The van der Waals surface area contributed by atoms with Gasteiger partial charge in [-0.15, -0.1) is 0 Å². The van der Waals surface area contributed by atoms with Crippen LogP contribution in [-0.2, 0) is 23.0 Å². The Morgan fingerprint density at radius 2 is 2.04 bits per heavy atom. The van der Waals surface area contributed by atoms with E-state index in [0.717, 1.165) is 16.9 Å². The Bertz CT molecular complexity index is 888. The largest absolute Gasteiger partial charge is 0.489 e. The van der Waals surface area contributed by atoms with E-state index in [1.54, 1.807) is 6.07 Å². The third-order valence-electron chi connectivity index (χ3n) is 4.26. The molecule has 5 nitrogen and oxygen atoms in total. The number of ether oxygens (including phenoxy) is 1. The highest BCUT2D eigenvalue weighted by atomic mass is 32.2. The van der Waals surface area contributed by atoms with Gasteiger partial charge in [-0.2, -0.15) is 5.26 Å². The fourth-order valence-electron chi connectivity index (χ4n) is 2.88. The summed E-state index contributed by atoms with van der Waals surface area (Å²) < 4.78 is 28.8. The average molecular weight is 356 g/mol. The minimum absolute atomic E-state index is 0.0251. The lowest BCUT2D eigenvalue weighted by molar-refractivity contribution is 0.305. The van der Waals surface area contributed by atoms with Crippen LogP contribution in [0.5, 0.6) is 5.75 Å². The van der Waals surface area contributed by atoms with Crippen LogP contribution in [0.15, 0.2) is 48.5 Å². The van der Waals surface area contributed by atoms with E-state index in [9.17, 15) is 8.42 Å². The minimum Gasteiger partial charge on any atom is -0.489 e. The fourth-order valence-corrected chi connectivity index (χ4v) is 4.59. The molecule has 3 rings (SSSR count). The van der Waals surface area contributed by atoms with Crippen molar-refractivity contribution in [1.29, 1.82) is 5.26 Å². The Kier molecular flexibility index (Phi) is 5.37. The van der Waals surface area contributed by atoms with E-state index in [4.69, 9.17) is 10.00 Å². The number of nitrogens with one attached hydrogen (secondary N) is 1. The molecule has 0 aliphatic carbocycles. The maximum absolute atomic E-state index is 11.5.